The topological polar surface area (TPSA) is 92.3 Å². The zero-order chi connectivity index (χ0) is 42.7. The molecule has 59 heavy (non-hydrogen) atoms. The summed E-state index contributed by atoms with van der Waals surface area (Å²) < 4.78 is 15.2. The van der Waals surface area contributed by atoms with Crippen molar-refractivity contribution in [2.24, 2.45) is 4.99 Å². The van der Waals surface area contributed by atoms with Gasteiger partial charge < -0.3 is 24.4 Å². The first kappa shape index (κ1) is 55.5. The standard InChI is InChI=1S/C50H98N4O4S/c1-5-9-12-15-20-27-35-46(8-4)57-48(55)38-30-23-18-25-32-42-54(44-34-40-51-50-52-41-45-59-53-50)43-33-26-19-24-31-39-49(56)58-47(36-28-21-16-13-10-6-2)37-29-22-17-14-11-7-3/h46-47H,5-45H2,1-4H3,(H2,51,52,53). The molecule has 1 aliphatic heterocycles. The lowest BCUT2D eigenvalue weighted by Crippen LogP contribution is -2.38. The molecule has 0 bridgehead atoms. The van der Waals surface area contributed by atoms with Crippen LogP contribution in [0.15, 0.2) is 4.99 Å². The average molecular weight is 851 g/mol. The van der Waals surface area contributed by atoms with Crippen LogP contribution in [-0.2, 0) is 19.1 Å². The number of aliphatic imine (C=N–C) groups is 1. The summed E-state index contributed by atoms with van der Waals surface area (Å²) >= 11 is 1.72. The number of unbranched alkanes of at least 4 members (excludes halogenated alkanes) is 23. The van der Waals surface area contributed by atoms with Crippen LogP contribution >= 0.6 is 11.9 Å². The number of nitrogens with zero attached hydrogens (tertiary/aromatic N) is 2. The van der Waals surface area contributed by atoms with Gasteiger partial charge in [-0.1, -0.05) is 163 Å². The minimum atomic E-state index is 0.00165. The fourth-order valence-electron chi connectivity index (χ4n) is 8.12. The van der Waals surface area contributed by atoms with Crippen LogP contribution in [-0.4, -0.2) is 73.5 Å². The van der Waals surface area contributed by atoms with Crippen molar-refractivity contribution in [1.82, 2.24) is 14.9 Å². The molecule has 0 fully saturated rings. The van der Waals surface area contributed by atoms with Crippen molar-refractivity contribution < 1.29 is 19.1 Å². The predicted octanol–water partition coefficient (Wildman–Crippen LogP) is 14.0. The van der Waals surface area contributed by atoms with Crippen LogP contribution in [0.2, 0.25) is 0 Å². The quantitative estimate of drug-likeness (QED) is 0.0356. The number of carbonyl (C=O) groups excluding carboxylic acids is 2. The molecular formula is C50H98N4O4S. The van der Waals surface area contributed by atoms with Gasteiger partial charge in [-0.15, -0.1) is 0 Å². The van der Waals surface area contributed by atoms with Crippen LogP contribution in [0.4, 0.5) is 0 Å². The molecule has 0 saturated carbocycles. The smallest absolute Gasteiger partial charge is 0.306 e. The van der Waals surface area contributed by atoms with E-state index in [4.69, 9.17) is 9.47 Å². The summed E-state index contributed by atoms with van der Waals surface area (Å²) in [6, 6.07) is 0. The summed E-state index contributed by atoms with van der Waals surface area (Å²) in [6.07, 6.45) is 40.9. The monoisotopic (exact) mass is 851 g/mol. The maximum Gasteiger partial charge on any atom is 0.306 e. The van der Waals surface area contributed by atoms with Crippen LogP contribution < -0.4 is 10.0 Å². The van der Waals surface area contributed by atoms with E-state index in [1.807, 2.05) is 0 Å². The molecule has 1 unspecified atom stereocenters. The van der Waals surface area contributed by atoms with E-state index in [-0.39, 0.29) is 24.1 Å². The van der Waals surface area contributed by atoms with Gasteiger partial charge in [-0.3, -0.25) is 14.6 Å². The number of esters is 2. The lowest BCUT2D eigenvalue weighted by molar-refractivity contribution is -0.150. The molecule has 0 radical (unpaired) electrons. The third kappa shape index (κ3) is 36.9. The van der Waals surface area contributed by atoms with Crippen LogP contribution in [0.1, 0.15) is 252 Å². The van der Waals surface area contributed by atoms with E-state index < -0.39 is 0 Å². The molecular weight excluding hydrogens is 753 g/mol. The van der Waals surface area contributed by atoms with Gasteiger partial charge in [-0.05, 0) is 109 Å². The molecule has 348 valence electrons. The van der Waals surface area contributed by atoms with Gasteiger partial charge in [-0.2, -0.15) is 0 Å². The van der Waals surface area contributed by atoms with Crippen LogP contribution in [0.5, 0.6) is 0 Å². The Labute approximate surface area is 370 Å². The number of rotatable bonds is 44. The minimum Gasteiger partial charge on any atom is -0.462 e. The summed E-state index contributed by atoms with van der Waals surface area (Å²) in [5.41, 5.74) is 0. The highest BCUT2D eigenvalue weighted by Gasteiger charge is 2.15. The van der Waals surface area contributed by atoms with Crippen LogP contribution in [0, 0.1) is 0 Å². The van der Waals surface area contributed by atoms with Gasteiger partial charge in [0.2, 0.25) is 5.96 Å². The van der Waals surface area contributed by atoms with Crippen molar-refractivity contribution in [3.8, 4) is 0 Å². The number of nitrogens with one attached hydrogen (secondary N) is 2. The van der Waals surface area contributed by atoms with E-state index in [1.165, 1.54) is 154 Å². The van der Waals surface area contributed by atoms with Gasteiger partial charge in [-0.25, -0.2) is 0 Å². The third-order valence-corrected chi connectivity index (χ3v) is 12.7. The summed E-state index contributed by atoms with van der Waals surface area (Å²) in [5, 5.41) is 3.48. The second-order valence-corrected chi connectivity index (χ2v) is 18.5. The second-order valence-electron chi connectivity index (χ2n) is 17.6. The second kappa shape index (κ2) is 43.2. The van der Waals surface area contributed by atoms with Crippen molar-refractivity contribution in [2.75, 3.05) is 38.5 Å². The van der Waals surface area contributed by atoms with Gasteiger partial charge >= 0.3 is 11.9 Å². The highest BCUT2D eigenvalue weighted by molar-refractivity contribution is 7.98. The average Bonchev–Trinajstić information content (AvgIpc) is 3.24. The van der Waals surface area contributed by atoms with E-state index in [0.717, 1.165) is 102 Å². The van der Waals surface area contributed by atoms with E-state index in [0.29, 0.717) is 12.8 Å². The Balaban J connectivity index is 2.33. The van der Waals surface area contributed by atoms with Gasteiger partial charge in [0, 0.05) is 25.1 Å². The molecule has 1 aliphatic rings. The Bertz CT molecular complexity index is 953. The Hall–Kier alpha value is -1.48. The molecule has 0 aliphatic carbocycles. The molecule has 0 aromatic rings. The summed E-state index contributed by atoms with van der Waals surface area (Å²) in [4.78, 5) is 32.6. The Morgan fingerprint density at radius 2 is 0.966 bits per heavy atom. The van der Waals surface area contributed by atoms with E-state index in [9.17, 15) is 9.59 Å². The molecule has 0 aromatic carbocycles. The maximum absolute atomic E-state index is 12.9. The number of hydrogen-bond donors (Lipinski definition) is 2. The fourth-order valence-corrected chi connectivity index (χ4v) is 8.68. The van der Waals surface area contributed by atoms with E-state index in [2.05, 4.69) is 47.6 Å². The number of carbonyl (C=O) groups is 2. The molecule has 1 rings (SSSR count). The summed E-state index contributed by atoms with van der Waals surface area (Å²) in [6.45, 7) is 14.1. The third-order valence-electron chi connectivity index (χ3n) is 12.0. The van der Waals surface area contributed by atoms with Crippen molar-refractivity contribution in [2.45, 2.75) is 265 Å². The van der Waals surface area contributed by atoms with Crippen molar-refractivity contribution in [1.29, 1.82) is 0 Å². The van der Waals surface area contributed by atoms with E-state index >= 15 is 0 Å². The molecule has 0 spiro atoms. The minimum absolute atomic E-state index is 0.00165. The van der Waals surface area contributed by atoms with Gasteiger partial charge in [0.25, 0.3) is 0 Å². The summed E-state index contributed by atoms with van der Waals surface area (Å²) in [5.74, 6) is 1.99. The van der Waals surface area contributed by atoms with Crippen molar-refractivity contribution >= 4 is 29.8 Å². The Kier molecular flexibility index (Phi) is 40.6. The van der Waals surface area contributed by atoms with Crippen molar-refractivity contribution in [3.05, 3.63) is 0 Å². The first-order valence-corrected chi connectivity index (χ1v) is 26.8. The number of ether oxygens (including phenoxy) is 2. The first-order chi connectivity index (χ1) is 29.0. The molecule has 8 nitrogen and oxygen atoms in total. The zero-order valence-electron chi connectivity index (χ0n) is 39.6. The highest BCUT2D eigenvalue weighted by Crippen LogP contribution is 2.19. The SMILES string of the molecule is CCCCCCCCC(CC)OC(=O)CCCCCCCN(CCCCCCCC(=O)OC(CCCCCCCC)CCCCCCCC)CCCNC1=NCCSN1. The molecule has 2 N–H and O–H groups in total. The molecule has 0 saturated heterocycles. The number of hydrogen-bond acceptors (Lipinski definition) is 9. The Morgan fingerprint density at radius 3 is 1.42 bits per heavy atom. The first-order valence-electron chi connectivity index (χ1n) is 25.8. The predicted molar refractivity (Wildman–Crippen MR) is 256 cm³/mol. The van der Waals surface area contributed by atoms with Crippen molar-refractivity contribution in [3.63, 3.8) is 0 Å². The van der Waals surface area contributed by atoms with Gasteiger partial charge in [0.05, 0.1) is 6.54 Å². The highest BCUT2D eigenvalue weighted by atomic mass is 32.2. The zero-order valence-corrected chi connectivity index (χ0v) is 40.4. The normalized spacial score (nSPS) is 13.4. The lowest BCUT2D eigenvalue weighted by Gasteiger charge is -2.23. The molecule has 1 heterocycles. The van der Waals surface area contributed by atoms with Gasteiger partial charge in [0.15, 0.2) is 0 Å². The summed E-state index contributed by atoms with van der Waals surface area (Å²) in [7, 11) is 0. The lowest BCUT2D eigenvalue weighted by atomic mass is 10.0. The van der Waals surface area contributed by atoms with Gasteiger partial charge in [0.1, 0.15) is 12.2 Å². The fraction of sp³-hybridized carbons (Fsp3) is 0.940. The molecule has 9 heteroatoms. The Morgan fingerprint density at radius 1 is 0.559 bits per heavy atom. The van der Waals surface area contributed by atoms with Crippen LogP contribution in [0.3, 0.4) is 0 Å². The van der Waals surface area contributed by atoms with Crippen LogP contribution in [0.25, 0.3) is 0 Å². The molecule has 0 aromatic heterocycles. The molecule has 0 amide bonds. The largest absolute Gasteiger partial charge is 0.462 e. The maximum atomic E-state index is 12.9. The number of guanidine groups is 1. The molecule has 1 atom stereocenters. The van der Waals surface area contributed by atoms with E-state index in [1.54, 1.807) is 11.9 Å².